The summed E-state index contributed by atoms with van der Waals surface area (Å²) in [5, 5.41) is 0. The van der Waals surface area contributed by atoms with Crippen LogP contribution in [0.4, 0.5) is 4.79 Å². The average molecular weight is 334 g/mol. The number of carbonyl (C=O) groups is 1. The van der Waals surface area contributed by atoms with Crippen molar-refractivity contribution < 1.29 is 14.3 Å². The topological polar surface area (TPSA) is 51.7 Å². The summed E-state index contributed by atoms with van der Waals surface area (Å²) in [7, 11) is 0. The maximum absolute atomic E-state index is 12.2. The predicted molar refractivity (Wildman–Crippen MR) is 93.7 cm³/mol. The number of likely N-dealkylation sites (tertiary alicyclic amines) is 1. The number of nitrogens with zero attached hydrogens (tertiary/aromatic N) is 2. The molecular weight excluding hydrogens is 304 g/mol. The summed E-state index contributed by atoms with van der Waals surface area (Å²) in [4.78, 5) is 18.3. The van der Waals surface area contributed by atoms with Gasteiger partial charge < -0.3 is 14.4 Å². The van der Waals surface area contributed by atoms with E-state index in [1.54, 1.807) is 6.20 Å². The van der Waals surface area contributed by atoms with Crippen molar-refractivity contribution in [2.45, 2.75) is 58.7 Å². The zero-order chi connectivity index (χ0) is 17.4. The van der Waals surface area contributed by atoms with Crippen LogP contribution >= 0.6 is 0 Å². The summed E-state index contributed by atoms with van der Waals surface area (Å²) >= 11 is 0. The quantitative estimate of drug-likeness (QED) is 0.737. The first kappa shape index (κ1) is 18.7. The van der Waals surface area contributed by atoms with Gasteiger partial charge in [0.1, 0.15) is 5.60 Å². The van der Waals surface area contributed by atoms with Crippen molar-refractivity contribution in [3.8, 4) is 0 Å². The van der Waals surface area contributed by atoms with Crippen LogP contribution in [0.25, 0.3) is 0 Å². The van der Waals surface area contributed by atoms with Gasteiger partial charge in [0.2, 0.25) is 0 Å². The van der Waals surface area contributed by atoms with Crippen LogP contribution in [-0.4, -0.2) is 41.3 Å². The lowest BCUT2D eigenvalue weighted by molar-refractivity contribution is 0.0155. The number of amides is 1. The van der Waals surface area contributed by atoms with E-state index in [0.717, 1.165) is 44.7 Å². The maximum Gasteiger partial charge on any atom is 0.410 e. The van der Waals surface area contributed by atoms with E-state index in [1.807, 2.05) is 43.9 Å². The number of pyridine rings is 1. The van der Waals surface area contributed by atoms with Gasteiger partial charge in [-0.1, -0.05) is 6.07 Å². The molecule has 2 heterocycles. The molecule has 0 N–H and O–H groups in total. The van der Waals surface area contributed by atoms with Gasteiger partial charge in [0.15, 0.2) is 0 Å². The van der Waals surface area contributed by atoms with E-state index in [-0.39, 0.29) is 6.09 Å². The first-order valence-corrected chi connectivity index (χ1v) is 8.89. The molecule has 24 heavy (non-hydrogen) atoms. The van der Waals surface area contributed by atoms with Gasteiger partial charge in [0, 0.05) is 25.9 Å². The second-order valence-corrected chi connectivity index (χ2v) is 7.45. The fraction of sp³-hybridized carbons (Fsp3) is 0.684. The summed E-state index contributed by atoms with van der Waals surface area (Å²) in [6.45, 7) is 8.63. The molecule has 0 spiro atoms. The van der Waals surface area contributed by atoms with Crippen LogP contribution in [0.3, 0.4) is 0 Å². The van der Waals surface area contributed by atoms with Crippen molar-refractivity contribution >= 4 is 6.09 Å². The zero-order valence-corrected chi connectivity index (χ0v) is 15.2. The van der Waals surface area contributed by atoms with Gasteiger partial charge in [-0.3, -0.25) is 4.98 Å². The van der Waals surface area contributed by atoms with Crippen LogP contribution in [0.15, 0.2) is 24.4 Å². The van der Waals surface area contributed by atoms with Crippen molar-refractivity contribution in [2.75, 3.05) is 19.7 Å². The summed E-state index contributed by atoms with van der Waals surface area (Å²) in [5.41, 5.74) is 0.537. The normalized spacial score (nSPS) is 18.5. The predicted octanol–water partition coefficient (Wildman–Crippen LogP) is 4.03. The smallest absolute Gasteiger partial charge is 0.410 e. The average Bonchev–Trinajstić information content (AvgIpc) is 2.54. The number of piperidine rings is 1. The third-order valence-corrected chi connectivity index (χ3v) is 4.05. The highest BCUT2D eigenvalue weighted by Crippen LogP contribution is 2.22. The number of aromatic nitrogens is 1. The van der Waals surface area contributed by atoms with Crippen molar-refractivity contribution in [3.63, 3.8) is 0 Å². The zero-order valence-electron chi connectivity index (χ0n) is 15.2. The summed E-state index contributed by atoms with van der Waals surface area (Å²) in [5.74, 6) is 0.546. The molecule has 0 radical (unpaired) electrons. The Balaban J connectivity index is 1.63. The van der Waals surface area contributed by atoms with Gasteiger partial charge in [-0.15, -0.1) is 0 Å². The molecule has 5 nitrogen and oxygen atoms in total. The molecule has 0 aliphatic carbocycles. The second-order valence-electron chi connectivity index (χ2n) is 7.45. The second kappa shape index (κ2) is 9.02. The highest BCUT2D eigenvalue weighted by atomic mass is 16.6. The van der Waals surface area contributed by atoms with Gasteiger partial charge in [-0.25, -0.2) is 4.79 Å². The number of rotatable bonds is 6. The lowest BCUT2D eigenvalue weighted by Crippen LogP contribution is -2.42. The number of ether oxygens (including phenoxy) is 2. The Hall–Kier alpha value is -1.62. The molecule has 1 aromatic rings. The Morgan fingerprint density at radius 3 is 2.92 bits per heavy atom. The van der Waals surface area contributed by atoms with Gasteiger partial charge in [-0.2, -0.15) is 0 Å². The molecule has 1 amide bonds. The molecule has 1 aliphatic rings. The first-order valence-electron chi connectivity index (χ1n) is 8.89. The molecule has 5 heteroatoms. The lowest BCUT2D eigenvalue weighted by Gasteiger charge is -2.34. The van der Waals surface area contributed by atoms with E-state index in [2.05, 4.69) is 4.98 Å². The molecule has 0 aromatic carbocycles. The van der Waals surface area contributed by atoms with Crippen molar-refractivity contribution in [2.24, 2.45) is 5.92 Å². The molecule has 1 saturated heterocycles. The Morgan fingerprint density at radius 2 is 2.21 bits per heavy atom. The van der Waals surface area contributed by atoms with E-state index in [0.29, 0.717) is 12.5 Å². The lowest BCUT2D eigenvalue weighted by atomic mass is 9.94. The highest BCUT2D eigenvalue weighted by molar-refractivity contribution is 5.68. The van der Waals surface area contributed by atoms with Crippen molar-refractivity contribution in [3.05, 3.63) is 30.1 Å². The number of hydrogen-bond donors (Lipinski definition) is 0. The van der Waals surface area contributed by atoms with Crippen LogP contribution in [0.5, 0.6) is 0 Å². The molecular formula is C19H30N2O3. The van der Waals surface area contributed by atoms with E-state index < -0.39 is 5.60 Å². The third-order valence-electron chi connectivity index (χ3n) is 4.05. The monoisotopic (exact) mass is 334 g/mol. The fourth-order valence-electron chi connectivity index (χ4n) is 2.93. The van der Waals surface area contributed by atoms with Gasteiger partial charge in [-0.05, 0) is 64.5 Å². The summed E-state index contributed by atoms with van der Waals surface area (Å²) in [6.07, 6.45) is 5.93. The molecule has 2 rings (SSSR count). The highest BCUT2D eigenvalue weighted by Gasteiger charge is 2.27. The van der Waals surface area contributed by atoms with Crippen LogP contribution in [0.1, 0.15) is 52.1 Å². The molecule has 0 unspecified atom stereocenters. The van der Waals surface area contributed by atoms with Crippen molar-refractivity contribution in [1.82, 2.24) is 9.88 Å². The Morgan fingerprint density at radius 1 is 1.38 bits per heavy atom. The third kappa shape index (κ3) is 6.87. The molecule has 1 atom stereocenters. The van der Waals surface area contributed by atoms with Crippen molar-refractivity contribution in [1.29, 1.82) is 0 Å². The standard InChI is InChI=1S/C19H30N2O3/c1-19(2,3)24-18(22)21-12-6-8-16(14-21)9-7-13-23-15-17-10-4-5-11-20-17/h4-5,10-11,16H,6-9,12-15H2,1-3H3/t16-/m1/s1. The van der Waals surface area contributed by atoms with Crippen LogP contribution in [-0.2, 0) is 16.1 Å². The number of carbonyl (C=O) groups excluding carboxylic acids is 1. The number of hydrogen-bond acceptors (Lipinski definition) is 4. The molecule has 1 aromatic heterocycles. The maximum atomic E-state index is 12.2. The molecule has 1 aliphatic heterocycles. The molecule has 0 saturated carbocycles. The fourth-order valence-corrected chi connectivity index (χ4v) is 2.93. The van der Waals surface area contributed by atoms with Crippen LogP contribution < -0.4 is 0 Å². The van der Waals surface area contributed by atoms with E-state index >= 15 is 0 Å². The van der Waals surface area contributed by atoms with Gasteiger partial charge >= 0.3 is 6.09 Å². The Bertz CT molecular complexity index is 499. The SMILES string of the molecule is CC(C)(C)OC(=O)N1CCC[C@H](CCCOCc2ccccn2)C1. The molecule has 1 fully saturated rings. The Kier molecular flexibility index (Phi) is 7.03. The minimum Gasteiger partial charge on any atom is -0.444 e. The van der Waals surface area contributed by atoms with Gasteiger partial charge in [0.05, 0.1) is 12.3 Å². The van der Waals surface area contributed by atoms with E-state index in [1.165, 1.54) is 6.42 Å². The summed E-state index contributed by atoms with van der Waals surface area (Å²) in [6, 6.07) is 5.85. The summed E-state index contributed by atoms with van der Waals surface area (Å²) < 4.78 is 11.2. The first-order chi connectivity index (χ1) is 11.4. The van der Waals surface area contributed by atoms with E-state index in [9.17, 15) is 4.79 Å². The van der Waals surface area contributed by atoms with E-state index in [4.69, 9.17) is 9.47 Å². The largest absolute Gasteiger partial charge is 0.444 e. The molecule has 134 valence electrons. The van der Waals surface area contributed by atoms with Gasteiger partial charge in [0.25, 0.3) is 0 Å². The minimum atomic E-state index is -0.427. The van der Waals surface area contributed by atoms with Crippen LogP contribution in [0.2, 0.25) is 0 Å². The minimum absolute atomic E-state index is 0.182. The molecule has 0 bridgehead atoms. The van der Waals surface area contributed by atoms with Crippen LogP contribution in [0, 0.1) is 5.92 Å². The Labute approximate surface area is 145 Å².